The molecule has 0 aliphatic carbocycles. The molecule has 0 bridgehead atoms. The van der Waals surface area contributed by atoms with E-state index >= 15 is 0 Å². The van der Waals surface area contributed by atoms with E-state index in [9.17, 15) is 0 Å². The Labute approximate surface area is 131 Å². The SMILES string of the molecule is CNC(C)c1ccc(OCCCc2ccncc2)cc1Cl. The standard InChI is InChI=1S/C17H21ClN2O/c1-13(19-2)16-6-5-15(12-17(16)18)21-11-3-4-14-7-9-20-10-8-14/h5-10,12-13,19H,3-4,11H2,1-2H3. The highest BCUT2D eigenvalue weighted by atomic mass is 35.5. The molecule has 0 spiro atoms. The van der Waals surface area contributed by atoms with E-state index in [4.69, 9.17) is 16.3 Å². The van der Waals surface area contributed by atoms with Gasteiger partial charge < -0.3 is 10.1 Å². The lowest BCUT2D eigenvalue weighted by atomic mass is 10.1. The van der Waals surface area contributed by atoms with Crippen molar-refractivity contribution >= 4 is 11.6 Å². The summed E-state index contributed by atoms with van der Waals surface area (Å²) in [6, 6.07) is 10.2. The van der Waals surface area contributed by atoms with Crippen molar-refractivity contribution in [2.24, 2.45) is 0 Å². The van der Waals surface area contributed by atoms with Crippen molar-refractivity contribution in [3.8, 4) is 5.75 Å². The van der Waals surface area contributed by atoms with Crippen molar-refractivity contribution < 1.29 is 4.74 Å². The first kappa shape index (κ1) is 15.8. The number of nitrogens with one attached hydrogen (secondary N) is 1. The van der Waals surface area contributed by atoms with Gasteiger partial charge in [0.05, 0.1) is 6.61 Å². The van der Waals surface area contributed by atoms with E-state index < -0.39 is 0 Å². The van der Waals surface area contributed by atoms with Crippen LogP contribution in [0.25, 0.3) is 0 Å². The molecular weight excluding hydrogens is 284 g/mol. The summed E-state index contributed by atoms with van der Waals surface area (Å²) in [7, 11) is 1.92. The van der Waals surface area contributed by atoms with Gasteiger partial charge in [0.15, 0.2) is 0 Å². The Morgan fingerprint density at radius 1 is 1.24 bits per heavy atom. The van der Waals surface area contributed by atoms with E-state index in [-0.39, 0.29) is 6.04 Å². The number of hydrogen-bond acceptors (Lipinski definition) is 3. The largest absolute Gasteiger partial charge is 0.494 e. The summed E-state index contributed by atoms with van der Waals surface area (Å²) in [4.78, 5) is 4.01. The zero-order valence-electron chi connectivity index (χ0n) is 12.5. The van der Waals surface area contributed by atoms with Crippen LogP contribution >= 0.6 is 11.6 Å². The summed E-state index contributed by atoms with van der Waals surface area (Å²) in [5.41, 5.74) is 2.37. The van der Waals surface area contributed by atoms with Crippen LogP contribution in [-0.2, 0) is 6.42 Å². The van der Waals surface area contributed by atoms with Crippen molar-refractivity contribution in [1.29, 1.82) is 0 Å². The first-order valence-electron chi connectivity index (χ1n) is 7.19. The van der Waals surface area contributed by atoms with Gasteiger partial charge in [-0.15, -0.1) is 0 Å². The normalized spacial score (nSPS) is 12.1. The van der Waals surface area contributed by atoms with E-state index in [1.165, 1.54) is 5.56 Å². The molecule has 0 aliphatic rings. The number of hydrogen-bond donors (Lipinski definition) is 1. The maximum atomic E-state index is 6.28. The summed E-state index contributed by atoms with van der Waals surface area (Å²) >= 11 is 6.28. The van der Waals surface area contributed by atoms with Crippen LogP contribution in [0, 0.1) is 0 Å². The Kier molecular flexibility index (Phi) is 6.03. The van der Waals surface area contributed by atoms with Gasteiger partial charge in [-0.05, 0) is 62.2 Å². The molecule has 0 saturated carbocycles. The van der Waals surface area contributed by atoms with Crippen LogP contribution in [0.3, 0.4) is 0 Å². The summed E-state index contributed by atoms with van der Waals surface area (Å²) in [6.45, 7) is 2.76. The van der Waals surface area contributed by atoms with Gasteiger partial charge in [0.25, 0.3) is 0 Å². The number of pyridine rings is 1. The van der Waals surface area contributed by atoms with Crippen LogP contribution in [0.5, 0.6) is 5.75 Å². The lowest BCUT2D eigenvalue weighted by molar-refractivity contribution is 0.311. The highest BCUT2D eigenvalue weighted by molar-refractivity contribution is 6.31. The van der Waals surface area contributed by atoms with Crippen molar-refractivity contribution in [3.05, 3.63) is 58.9 Å². The zero-order valence-corrected chi connectivity index (χ0v) is 13.2. The number of rotatable bonds is 7. The maximum Gasteiger partial charge on any atom is 0.120 e. The summed E-state index contributed by atoms with van der Waals surface area (Å²) in [6.07, 6.45) is 5.59. The molecule has 1 N–H and O–H groups in total. The summed E-state index contributed by atoms with van der Waals surface area (Å²) in [5.74, 6) is 0.821. The third kappa shape index (κ3) is 4.73. The van der Waals surface area contributed by atoms with Crippen molar-refractivity contribution in [3.63, 3.8) is 0 Å². The Hall–Kier alpha value is -1.58. The number of halogens is 1. The van der Waals surface area contributed by atoms with Crippen LogP contribution in [0.4, 0.5) is 0 Å². The third-order valence-corrected chi connectivity index (χ3v) is 3.83. The highest BCUT2D eigenvalue weighted by Crippen LogP contribution is 2.27. The Morgan fingerprint density at radius 2 is 2.00 bits per heavy atom. The van der Waals surface area contributed by atoms with E-state index in [0.717, 1.165) is 29.2 Å². The summed E-state index contributed by atoms with van der Waals surface area (Å²) in [5, 5.41) is 3.92. The van der Waals surface area contributed by atoms with Crippen LogP contribution in [0.1, 0.15) is 30.5 Å². The lowest BCUT2D eigenvalue weighted by Crippen LogP contribution is -2.12. The van der Waals surface area contributed by atoms with Gasteiger partial charge in [0.2, 0.25) is 0 Å². The van der Waals surface area contributed by atoms with Crippen molar-refractivity contribution in [1.82, 2.24) is 10.3 Å². The molecule has 21 heavy (non-hydrogen) atoms. The molecule has 0 aliphatic heterocycles. The monoisotopic (exact) mass is 304 g/mol. The van der Waals surface area contributed by atoms with E-state index in [1.54, 1.807) is 0 Å². The minimum absolute atomic E-state index is 0.234. The molecular formula is C17H21ClN2O. The molecule has 4 heteroatoms. The van der Waals surface area contributed by atoms with Crippen LogP contribution < -0.4 is 10.1 Å². The maximum absolute atomic E-state index is 6.28. The van der Waals surface area contributed by atoms with E-state index in [0.29, 0.717) is 6.61 Å². The summed E-state index contributed by atoms with van der Waals surface area (Å²) < 4.78 is 5.76. The van der Waals surface area contributed by atoms with Gasteiger partial charge in [-0.25, -0.2) is 0 Å². The van der Waals surface area contributed by atoms with Crippen LogP contribution in [0.15, 0.2) is 42.7 Å². The average molecular weight is 305 g/mol. The topological polar surface area (TPSA) is 34.1 Å². The van der Waals surface area contributed by atoms with Crippen molar-refractivity contribution in [2.45, 2.75) is 25.8 Å². The fourth-order valence-corrected chi connectivity index (χ4v) is 2.45. The highest BCUT2D eigenvalue weighted by Gasteiger charge is 2.08. The molecule has 0 fully saturated rings. The van der Waals surface area contributed by atoms with Crippen LogP contribution in [0.2, 0.25) is 5.02 Å². The van der Waals surface area contributed by atoms with Crippen LogP contribution in [-0.4, -0.2) is 18.6 Å². The molecule has 0 radical (unpaired) electrons. The van der Waals surface area contributed by atoms with Gasteiger partial charge in [-0.3, -0.25) is 4.98 Å². The average Bonchev–Trinajstić information content (AvgIpc) is 2.52. The predicted octanol–water partition coefficient (Wildman–Crippen LogP) is 4.03. The number of nitrogens with zero attached hydrogens (tertiary/aromatic N) is 1. The molecule has 112 valence electrons. The third-order valence-electron chi connectivity index (χ3n) is 3.50. The molecule has 0 amide bonds. The second kappa shape index (κ2) is 8.01. The number of aromatic nitrogens is 1. The number of aryl methyl sites for hydroxylation is 1. The minimum atomic E-state index is 0.234. The number of ether oxygens (including phenoxy) is 1. The molecule has 2 rings (SSSR count). The lowest BCUT2D eigenvalue weighted by Gasteiger charge is -2.14. The van der Waals surface area contributed by atoms with Gasteiger partial charge >= 0.3 is 0 Å². The Balaban J connectivity index is 1.82. The van der Waals surface area contributed by atoms with Gasteiger partial charge in [-0.2, -0.15) is 0 Å². The minimum Gasteiger partial charge on any atom is -0.494 e. The predicted molar refractivity (Wildman–Crippen MR) is 87.0 cm³/mol. The first-order chi connectivity index (χ1) is 10.2. The molecule has 1 atom stereocenters. The molecule has 2 aromatic rings. The Bertz CT molecular complexity index is 560. The fraction of sp³-hybridized carbons (Fsp3) is 0.353. The van der Waals surface area contributed by atoms with Gasteiger partial charge in [0.1, 0.15) is 5.75 Å². The fourth-order valence-electron chi connectivity index (χ4n) is 2.12. The molecule has 1 unspecified atom stereocenters. The molecule has 0 saturated heterocycles. The smallest absolute Gasteiger partial charge is 0.120 e. The number of benzene rings is 1. The van der Waals surface area contributed by atoms with Gasteiger partial charge in [-0.1, -0.05) is 17.7 Å². The van der Waals surface area contributed by atoms with Gasteiger partial charge in [0, 0.05) is 23.5 Å². The molecule has 3 nitrogen and oxygen atoms in total. The Morgan fingerprint density at radius 3 is 2.67 bits per heavy atom. The van der Waals surface area contributed by atoms with E-state index in [1.807, 2.05) is 49.8 Å². The quantitative estimate of drug-likeness (QED) is 0.784. The second-order valence-corrected chi connectivity index (χ2v) is 5.41. The first-order valence-corrected chi connectivity index (χ1v) is 7.57. The van der Waals surface area contributed by atoms with E-state index in [2.05, 4.69) is 17.2 Å². The molecule has 1 heterocycles. The molecule has 1 aromatic heterocycles. The van der Waals surface area contributed by atoms with Crippen molar-refractivity contribution in [2.75, 3.05) is 13.7 Å². The second-order valence-electron chi connectivity index (χ2n) is 5.00. The molecule has 1 aromatic carbocycles. The zero-order chi connectivity index (χ0) is 15.1.